The number of thiophene rings is 1. The highest BCUT2D eigenvalue weighted by molar-refractivity contribution is 7.15. The molecule has 1 atom stereocenters. The van der Waals surface area contributed by atoms with Gasteiger partial charge in [0.1, 0.15) is 10.8 Å². The second-order valence-electron chi connectivity index (χ2n) is 9.58. The van der Waals surface area contributed by atoms with E-state index in [4.69, 9.17) is 4.74 Å². The number of aromatic nitrogens is 1. The minimum Gasteiger partial charge on any atom is -0.494 e. The van der Waals surface area contributed by atoms with Crippen LogP contribution in [0.2, 0.25) is 0 Å². The molecule has 5 nitrogen and oxygen atoms in total. The Morgan fingerprint density at radius 1 is 1.06 bits per heavy atom. The van der Waals surface area contributed by atoms with Gasteiger partial charge in [0.25, 0.3) is 0 Å². The largest absolute Gasteiger partial charge is 0.494 e. The van der Waals surface area contributed by atoms with Crippen LogP contribution in [0.1, 0.15) is 58.6 Å². The summed E-state index contributed by atoms with van der Waals surface area (Å²) >= 11 is 1.91. The van der Waals surface area contributed by atoms with Crippen molar-refractivity contribution in [3.8, 4) is 10.8 Å². The van der Waals surface area contributed by atoms with Gasteiger partial charge in [-0.1, -0.05) is 30.3 Å². The minimum absolute atomic E-state index is 0.0903. The molecule has 1 aliphatic carbocycles. The van der Waals surface area contributed by atoms with Crippen LogP contribution in [0.15, 0.2) is 66.9 Å². The number of amides is 2. The van der Waals surface area contributed by atoms with Gasteiger partial charge < -0.3 is 19.5 Å². The van der Waals surface area contributed by atoms with Gasteiger partial charge in [-0.25, -0.2) is 4.79 Å². The number of hydrogen-bond donors (Lipinski definition) is 1. The number of carbonyl (C=O) groups excluding carboxylic acids is 1. The number of rotatable bonds is 4. The van der Waals surface area contributed by atoms with Crippen LogP contribution >= 0.6 is 11.3 Å². The number of para-hydroxylation sites is 1. The van der Waals surface area contributed by atoms with Crippen LogP contribution in [0.25, 0.3) is 5.00 Å². The van der Waals surface area contributed by atoms with Crippen LogP contribution in [0.5, 0.6) is 5.75 Å². The third-order valence-corrected chi connectivity index (χ3v) is 8.64. The maximum atomic E-state index is 14.1. The van der Waals surface area contributed by atoms with Crippen molar-refractivity contribution in [2.24, 2.45) is 0 Å². The van der Waals surface area contributed by atoms with E-state index < -0.39 is 0 Å². The Bertz CT molecular complexity index is 1420. The van der Waals surface area contributed by atoms with E-state index in [9.17, 15) is 4.79 Å². The van der Waals surface area contributed by atoms with Crippen molar-refractivity contribution >= 4 is 23.1 Å². The molecule has 0 saturated carbocycles. The molecule has 2 aliphatic rings. The van der Waals surface area contributed by atoms with E-state index in [2.05, 4.69) is 40.3 Å². The number of nitrogens with zero attached hydrogens (tertiary/aromatic N) is 2. The number of nitrogens with one attached hydrogen (secondary N) is 1. The number of carbonyl (C=O) groups is 1. The van der Waals surface area contributed by atoms with Crippen LogP contribution < -0.4 is 10.1 Å². The number of ether oxygens (including phenoxy) is 1. The first-order valence-corrected chi connectivity index (χ1v) is 13.6. The highest BCUT2D eigenvalue weighted by atomic mass is 32.1. The summed E-state index contributed by atoms with van der Waals surface area (Å²) in [6.45, 7) is 5.20. The molecule has 2 aromatic heterocycles. The highest BCUT2D eigenvalue weighted by Crippen LogP contribution is 2.44. The van der Waals surface area contributed by atoms with Crippen molar-refractivity contribution in [2.45, 2.75) is 52.1 Å². The molecule has 2 amide bonds. The summed E-state index contributed by atoms with van der Waals surface area (Å²) in [6.07, 6.45) is 6.84. The van der Waals surface area contributed by atoms with Crippen LogP contribution in [-0.4, -0.2) is 22.1 Å². The predicted molar refractivity (Wildman–Crippen MR) is 145 cm³/mol. The molecule has 0 unspecified atom stereocenters. The zero-order chi connectivity index (χ0) is 24.6. The van der Waals surface area contributed by atoms with Crippen molar-refractivity contribution < 1.29 is 9.53 Å². The molecule has 2 aromatic carbocycles. The number of anilines is 1. The lowest BCUT2D eigenvalue weighted by molar-refractivity contribution is 0.194. The SMILES string of the molecule is CCOc1cccc([C@@H]2c3cccn3-c3sc4c(c3CN2C(=O)Nc2ccccc2C)CCCC4)c1. The molecule has 4 aromatic rings. The number of fused-ring (bicyclic) bond motifs is 5. The highest BCUT2D eigenvalue weighted by Gasteiger charge is 2.36. The lowest BCUT2D eigenvalue weighted by Crippen LogP contribution is -2.38. The van der Waals surface area contributed by atoms with Gasteiger partial charge >= 0.3 is 6.03 Å². The fourth-order valence-electron chi connectivity index (χ4n) is 5.58. The molecular weight excluding hydrogens is 466 g/mol. The molecule has 0 fully saturated rings. The molecule has 1 aliphatic heterocycles. The van der Waals surface area contributed by atoms with Crippen LogP contribution in [0.4, 0.5) is 10.5 Å². The maximum Gasteiger partial charge on any atom is 0.322 e. The van der Waals surface area contributed by atoms with Gasteiger partial charge in [0.05, 0.1) is 24.9 Å². The second kappa shape index (κ2) is 9.51. The maximum absolute atomic E-state index is 14.1. The fourth-order valence-corrected chi connectivity index (χ4v) is 6.98. The van der Waals surface area contributed by atoms with Crippen LogP contribution in [0.3, 0.4) is 0 Å². The summed E-state index contributed by atoms with van der Waals surface area (Å²) in [4.78, 5) is 17.6. The summed E-state index contributed by atoms with van der Waals surface area (Å²) in [6, 6.07) is 20.1. The molecule has 1 N–H and O–H groups in total. The molecule has 0 saturated heterocycles. The van der Waals surface area contributed by atoms with Gasteiger partial charge in [0.2, 0.25) is 0 Å². The van der Waals surface area contributed by atoms with E-state index in [-0.39, 0.29) is 12.1 Å². The predicted octanol–water partition coefficient (Wildman–Crippen LogP) is 7.26. The molecule has 6 heteroatoms. The van der Waals surface area contributed by atoms with E-state index in [1.165, 1.54) is 33.8 Å². The average Bonchev–Trinajstić information content (AvgIpc) is 3.47. The molecule has 0 spiro atoms. The van der Waals surface area contributed by atoms with Crippen molar-refractivity contribution in [1.29, 1.82) is 0 Å². The standard InChI is InChI=1S/C30H31N3O2S/c1-3-35-22-12-8-11-21(18-22)28-26-15-9-17-32(26)29-24(23-13-5-7-16-27(23)36-29)19-33(28)30(34)31-25-14-6-4-10-20(25)2/h4,6,8-12,14-15,17-18,28H,3,5,7,13,16,19H2,1-2H3,(H,31,34)/t28-/m1/s1. The van der Waals surface area contributed by atoms with Crippen molar-refractivity contribution in [1.82, 2.24) is 9.47 Å². The van der Waals surface area contributed by atoms with E-state index in [0.29, 0.717) is 13.2 Å². The first-order valence-electron chi connectivity index (χ1n) is 12.8. The molecule has 3 heterocycles. The third-order valence-electron chi connectivity index (χ3n) is 7.31. The Morgan fingerprint density at radius 2 is 1.92 bits per heavy atom. The zero-order valence-electron chi connectivity index (χ0n) is 20.8. The Labute approximate surface area is 216 Å². The van der Waals surface area contributed by atoms with E-state index in [1.807, 2.05) is 66.5 Å². The first kappa shape index (κ1) is 22.9. The molecule has 184 valence electrons. The molecule has 0 bridgehead atoms. The Hall–Kier alpha value is -3.51. The Kier molecular flexibility index (Phi) is 6.05. The molecule has 0 radical (unpaired) electrons. The van der Waals surface area contributed by atoms with E-state index in [1.54, 1.807) is 0 Å². The van der Waals surface area contributed by atoms with Crippen molar-refractivity contribution in [3.05, 3.63) is 99.7 Å². The third kappa shape index (κ3) is 3.99. The number of aryl methyl sites for hydroxylation is 2. The van der Waals surface area contributed by atoms with Gasteiger partial charge in [-0.2, -0.15) is 0 Å². The molecule has 36 heavy (non-hydrogen) atoms. The van der Waals surface area contributed by atoms with Crippen LogP contribution in [0, 0.1) is 6.92 Å². The van der Waals surface area contributed by atoms with Gasteiger partial charge in [-0.05, 0) is 86.6 Å². The Balaban J connectivity index is 1.50. The van der Waals surface area contributed by atoms with E-state index >= 15 is 0 Å². The van der Waals surface area contributed by atoms with Crippen molar-refractivity contribution in [3.63, 3.8) is 0 Å². The fraction of sp³-hybridized carbons (Fsp3) is 0.300. The summed E-state index contributed by atoms with van der Waals surface area (Å²) in [5, 5.41) is 4.49. The lowest BCUT2D eigenvalue weighted by Gasteiger charge is -2.32. The first-order chi connectivity index (χ1) is 17.6. The topological polar surface area (TPSA) is 46.5 Å². The number of benzene rings is 2. The van der Waals surface area contributed by atoms with Gasteiger partial charge in [0.15, 0.2) is 0 Å². The lowest BCUT2D eigenvalue weighted by atomic mass is 9.95. The van der Waals surface area contributed by atoms with Crippen LogP contribution in [-0.2, 0) is 19.4 Å². The monoisotopic (exact) mass is 497 g/mol. The molecule has 6 rings (SSSR count). The Morgan fingerprint density at radius 3 is 2.78 bits per heavy atom. The van der Waals surface area contributed by atoms with Gasteiger partial charge in [-0.3, -0.25) is 0 Å². The normalized spacial score (nSPS) is 16.5. The second-order valence-corrected chi connectivity index (χ2v) is 10.7. The summed E-state index contributed by atoms with van der Waals surface area (Å²) in [7, 11) is 0. The summed E-state index contributed by atoms with van der Waals surface area (Å²) in [5.41, 5.74) is 6.80. The molecular formula is C30H31N3O2S. The summed E-state index contributed by atoms with van der Waals surface area (Å²) < 4.78 is 8.16. The number of urea groups is 1. The van der Waals surface area contributed by atoms with Crippen molar-refractivity contribution in [2.75, 3.05) is 11.9 Å². The smallest absolute Gasteiger partial charge is 0.322 e. The van der Waals surface area contributed by atoms with Gasteiger partial charge in [-0.15, -0.1) is 11.3 Å². The zero-order valence-corrected chi connectivity index (χ0v) is 21.6. The van der Waals surface area contributed by atoms with Gasteiger partial charge in [0, 0.05) is 22.3 Å². The average molecular weight is 498 g/mol. The summed E-state index contributed by atoms with van der Waals surface area (Å²) in [5.74, 6) is 0.823. The minimum atomic E-state index is -0.247. The number of hydrogen-bond acceptors (Lipinski definition) is 3. The van der Waals surface area contributed by atoms with E-state index in [0.717, 1.165) is 41.1 Å². The quantitative estimate of drug-likeness (QED) is 0.322.